The number of hydrogen-bond acceptors (Lipinski definition) is 5. The highest BCUT2D eigenvalue weighted by Gasteiger charge is 2.63. The normalized spacial score (nSPS) is 25.6. The Morgan fingerprint density at radius 1 is 1.06 bits per heavy atom. The summed E-state index contributed by atoms with van der Waals surface area (Å²) >= 11 is 5.96. The van der Waals surface area contributed by atoms with Crippen molar-refractivity contribution in [2.45, 2.75) is 12.1 Å². The molecule has 0 unspecified atom stereocenters. The number of hydrogen-bond donors (Lipinski definition) is 1. The first-order chi connectivity index (χ1) is 15.5. The topological polar surface area (TPSA) is 78.9 Å². The third-order valence-electron chi connectivity index (χ3n) is 6.41. The smallest absolute Gasteiger partial charge is 0.247 e. The van der Waals surface area contributed by atoms with Gasteiger partial charge in [-0.3, -0.25) is 19.3 Å². The van der Waals surface area contributed by atoms with Gasteiger partial charge in [0.05, 0.1) is 31.0 Å². The monoisotopic (exact) mass is 451 g/mol. The Morgan fingerprint density at radius 3 is 2.53 bits per heavy atom. The number of imide groups is 1. The Balaban J connectivity index is 1.55. The number of methoxy groups -OCH3 is 1. The van der Waals surface area contributed by atoms with Crippen LogP contribution in [0, 0.1) is 11.8 Å². The van der Waals surface area contributed by atoms with E-state index in [4.69, 9.17) is 16.3 Å². The molecule has 4 atom stereocenters. The number of amides is 3. The van der Waals surface area contributed by atoms with Crippen molar-refractivity contribution in [3.05, 3.63) is 65.2 Å². The number of halogens is 1. The molecule has 3 amide bonds. The zero-order valence-corrected chi connectivity index (χ0v) is 18.2. The molecule has 2 saturated heterocycles. The van der Waals surface area contributed by atoms with Gasteiger partial charge in [0.2, 0.25) is 17.7 Å². The highest BCUT2D eigenvalue weighted by molar-refractivity contribution is 6.30. The molecular formula is C24H22ClN3O4. The molecular weight excluding hydrogens is 430 g/mol. The van der Waals surface area contributed by atoms with Crippen LogP contribution in [0.2, 0.25) is 5.02 Å². The predicted octanol–water partition coefficient (Wildman–Crippen LogP) is 2.81. The maximum atomic E-state index is 13.6. The van der Waals surface area contributed by atoms with Crippen LogP contribution in [0.3, 0.4) is 0 Å². The van der Waals surface area contributed by atoms with E-state index in [1.807, 2.05) is 41.3 Å². The molecule has 2 aromatic rings. The largest absolute Gasteiger partial charge is 0.383 e. The summed E-state index contributed by atoms with van der Waals surface area (Å²) in [4.78, 5) is 43.4. The number of nitrogens with one attached hydrogen (secondary N) is 1. The summed E-state index contributed by atoms with van der Waals surface area (Å²) in [6, 6.07) is 13.3. The van der Waals surface area contributed by atoms with E-state index in [2.05, 4.69) is 5.32 Å². The van der Waals surface area contributed by atoms with E-state index in [0.717, 1.165) is 11.3 Å². The first-order valence-electron chi connectivity index (χ1n) is 10.5. The maximum absolute atomic E-state index is 13.6. The number of carbonyl (C=O) groups excluding carboxylic acids is 3. The van der Waals surface area contributed by atoms with E-state index in [9.17, 15) is 14.4 Å². The average Bonchev–Trinajstić information content (AvgIpc) is 3.27. The quantitative estimate of drug-likeness (QED) is 0.707. The van der Waals surface area contributed by atoms with Crippen molar-refractivity contribution in [3.63, 3.8) is 0 Å². The summed E-state index contributed by atoms with van der Waals surface area (Å²) in [5.41, 5.74) is 2.37. The molecule has 3 aliphatic heterocycles. The molecule has 164 valence electrons. The van der Waals surface area contributed by atoms with Crippen molar-refractivity contribution in [3.8, 4) is 0 Å². The molecule has 3 aliphatic rings. The van der Waals surface area contributed by atoms with Gasteiger partial charge < -0.3 is 15.0 Å². The van der Waals surface area contributed by atoms with Crippen molar-refractivity contribution in [2.75, 3.05) is 30.5 Å². The SMILES string of the molecule is COCCN1C(=O)[C@@H]2[C@H](C1=O)[C@H](C(=O)Nc1ccc(Cl)cc1)N1c3ccccc3C=C[C@@H]21. The van der Waals surface area contributed by atoms with E-state index >= 15 is 0 Å². The predicted molar refractivity (Wildman–Crippen MR) is 121 cm³/mol. The van der Waals surface area contributed by atoms with Gasteiger partial charge in [-0.15, -0.1) is 0 Å². The number of ether oxygens (including phenoxy) is 1. The first kappa shape index (κ1) is 20.7. The number of carbonyl (C=O) groups is 3. The van der Waals surface area contributed by atoms with Gasteiger partial charge >= 0.3 is 0 Å². The van der Waals surface area contributed by atoms with Crippen molar-refractivity contribution in [1.29, 1.82) is 0 Å². The highest BCUT2D eigenvalue weighted by Crippen LogP contribution is 2.48. The minimum absolute atomic E-state index is 0.180. The highest BCUT2D eigenvalue weighted by atomic mass is 35.5. The summed E-state index contributed by atoms with van der Waals surface area (Å²) in [7, 11) is 1.52. The number of rotatable bonds is 5. The van der Waals surface area contributed by atoms with Gasteiger partial charge in [-0.1, -0.05) is 42.0 Å². The summed E-state index contributed by atoms with van der Waals surface area (Å²) in [5.74, 6) is -2.30. The molecule has 1 N–H and O–H groups in total. The fraction of sp³-hybridized carbons (Fsp3) is 0.292. The fourth-order valence-corrected chi connectivity index (χ4v) is 5.15. The second-order valence-electron chi connectivity index (χ2n) is 8.13. The lowest BCUT2D eigenvalue weighted by atomic mass is 9.88. The Kier molecular flexibility index (Phi) is 5.23. The van der Waals surface area contributed by atoms with Gasteiger partial charge in [0.15, 0.2) is 0 Å². The lowest BCUT2D eigenvalue weighted by Crippen LogP contribution is -2.50. The summed E-state index contributed by atoms with van der Waals surface area (Å²) in [5, 5.41) is 3.47. The Hall–Kier alpha value is -3.16. The molecule has 0 aliphatic carbocycles. The Morgan fingerprint density at radius 2 is 1.78 bits per heavy atom. The van der Waals surface area contributed by atoms with Crippen molar-refractivity contribution in [2.24, 2.45) is 11.8 Å². The summed E-state index contributed by atoms with van der Waals surface area (Å²) in [6.45, 7) is 0.436. The van der Waals surface area contributed by atoms with E-state index in [1.165, 1.54) is 12.0 Å². The third kappa shape index (κ3) is 3.20. The van der Waals surface area contributed by atoms with Gasteiger partial charge in [0.25, 0.3) is 0 Å². The molecule has 0 radical (unpaired) electrons. The molecule has 0 saturated carbocycles. The van der Waals surface area contributed by atoms with Crippen molar-refractivity contribution >= 4 is 46.8 Å². The number of likely N-dealkylation sites (tertiary alicyclic amines) is 1. The lowest BCUT2D eigenvalue weighted by molar-refractivity contribution is -0.141. The molecule has 0 spiro atoms. The van der Waals surface area contributed by atoms with Crippen LogP contribution in [0.5, 0.6) is 0 Å². The molecule has 7 nitrogen and oxygen atoms in total. The maximum Gasteiger partial charge on any atom is 0.247 e. The third-order valence-corrected chi connectivity index (χ3v) is 6.66. The molecule has 0 bridgehead atoms. The van der Waals surface area contributed by atoms with Gasteiger partial charge in [0, 0.05) is 23.5 Å². The van der Waals surface area contributed by atoms with Crippen LogP contribution in [0.15, 0.2) is 54.6 Å². The lowest BCUT2D eigenvalue weighted by Gasteiger charge is -2.36. The van der Waals surface area contributed by atoms with Crippen LogP contribution in [0.4, 0.5) is 11.4 Å². The Bertz CT molecular complexity index is 1120. The zero-order chi connectivity index (χ0) is 22.4. The number of nitrogens with zero attached hydrogens (tertiary/aromatic N) is 2. The number of fused-ring (bicyclic) bond motifs is 5. The van der Waals surface area contributed by atoms with Crippen LogP contribution in [0.25, 0.3) is 6.08 Å². The molecule has 2 fully saturated rings. The van der Waals surface area contributed by atoms with Crippen molar-refractivity contribution < 1.29 is 19.1 Å². The van der Waals surface area contributed by atoms with Crippen LogP contribution in [0.1, 0.15) is 5.56 Å². The van der Waals surface area contributed by atoms with Crippen LogP contribution < -0.4 is 10.2 Å². The fourth-order valence-electron chi connectivity index (χ4n) is 5.03. The number of para-hydroxylation sites is 1. The summed E-state index contributed by atoms with van der Waals surface area (Å²) < 4.78 is 5.08. The molecule has 5 rings (SSSR count). The van der Waals surface area contributed by atoms with Gasteiger partial charge in [-0.05, 0) is 35.9 Å². The summed E-state index contributed by atoms with van der Waals surface area (Å²) in [6.07, 6.45) is 3.89. The minimum Gasteiger partial charge on any atom is -0.383 e. The van der Waals surface area contributed by atoms with E-state index in [0.29, 0.717) is 10.7 Å². The molecule has 0 aromatic heterocycles. The Labute approximate surface area is 190 Å². The molecule has 8 heteroatoms. The molecule has 32 heavy (non-hydrogen) atoms. The van der Waals surface area contributed by atoms with E-state index in [1.54, 1.807) is 24.3 Å². The van der Waals surface area contributed by atoms with Crippen molar-refractivity contribution in [1.82, 2.24) is 4.90 Å². The zero-order valence-electron chi connectivity index (χ0n) is 17.4. The van der Waals surface area contributed by atoms with E-state index < -0.39 is 17.9 Å². The van der Waals surface area contributed by atoms with Gasteiger partial charge in [0.1, 0.15) is 6.04 Å². The molecule has 3 heterocycles. The minimum atomic E-state index is -0.823. The van der Waals surface area contributed by atoms with E-state index in [-0.39, 0.29) is 36.9 Å². The standard InChI is InChI=1S/C24H22ClN3O4/c1-32-13-12-27-23(30)19-18-11-6-14-4-2-3-5-17(14)28(18)21(20(19)24(27)31)22(29)26-16-9-7-15(25)8-10-16/h2-11,18-21H,12-13H2,1H3,(H,26,29)/t18-,19-,20-,21+/m0/s1. The average molecular weight is 452 g/mol. The second-order valence-corrected chi connectivity index (χ2v) is 8.57. The van der Waals surface area contributed by atoms with Gasteiger partial charge in [-0.25, -0.2) is 0 Å². The van der Waals surface area contributed by atoms with Crippen LogP contribution in [-0.2, 0) is 19.1 Å². The van der Waals surface area contributed by atoms with Gasteiger partial charge in [-0.2, -0.15) is 0 Å². The number of benzene rings is 2. The first-order valence-corrected chi connectivity index (χ1v) is 10.8. The van der Waals surface area contributed by atoms with Crippen LogP contribution >= 0.6 is 11.6 Å². The van der Waals surface area contributed by atoms with Crippen LogP contribution in [-0.4, -0.2) is 55.0 Å². The number of anilines is 2. The molecule has 2 aromatic carbocycles. The second kappa shape index (κ2) is 8.07.